The lowest BCUT2D eigenvalue weighted by atomic mass is 9.68. The van der Waals surface area contributed by atoms with Crippen molar-refractivity contribution in [2.24, 2.45) is 5.41 Å². The molecule has 1 aliphatic heterocycles. The predicted octanol–water partition coefficient (Wildman–Crippen LogP) is 3.08. The Bertz CT molecular complexity index is 957. The zero-order valence-electron chi connectivity index (χ0n) is 16.2. The summed E-state index contributed by atoms with van der Waals surface area (Å²) >= 11 is 0. The van der Waals surface area contributed by atoms with Crippen LogP contribution in [-0.2, 0) is 14.3 Å². The number of benzene rings is 1. The van der Waals surface area contributed by atoms with E-state index in [1.807, 2.05) is 13.8 Å². The lowest BCUT2D eigenvalue weighted by molar-refractivity contribution is -0.385. The number of ether oxygens (including phenoxy) is 1. The Morgan fingerprint density at radius 2 is 2.04 bits per heavy atom. The number of nitro benzene ring substituents is 1. The average molecular weight is 386 g/mol. The molecule has 0 radical (unpaired) electrons. The number of rotatable bonds is 3. The lowest BCUT2D eigenvalue weighted by Crippen LogP contribution is -2.38. The van der Waals surface area contributed by atoms with Crippen molar-refractivity contribution in [2.45, 2.75) is 39.5 Å². The maximum Gasteiger partial charge on any atom is 0.336 e. The van der Waals surface area contributed by atoms with Crippen LogP contribution in [0.25, 0.3) is 0 Å². The van der Waals surface area contributed by atoms with Gasteiger partial charge in [-0.25, -0.2) is 4.79 Å². The van der Waals surface area contributed by atoms with Gasteiger partial charge >= 0.3 is 11.7 Å². The Hall–Kier alpha value is -3.16. The van der Waals surface area contributed by atoms with E-state index >= 15 is 0 Å². The number of carbonyl (C=O) groups is 2. The topological polar surface area (TPSA) is 119 Å². The molecule has 0 saturated carbocycles. The van der Waals surface area contributed by atoms with Gasteiger partial charge in [0.25, 0.3) is 0 Å². The molecule has 148 valence electrons. The molecule has 1 aromatic carbocycles. The third-order valence-corrected chi connectivity index (χ3v) is 5.17. The number of esters is 1. The van der Waals surface area contributed by atoms with Gasteiger partial charge < -0.3 is 15.2 Å². The number of hydrogen-bond acceptors (Lipinski definition) is 7. The van der Waals surface area contributed by atoms with Crippen LogP contribution in [0, 0.1) is 15.5 Å². The van der Waals surface area contributed by atoms with Crippen molar-refractivity contribution in [1.29, 1.82) is 0 Å². The number of Topliss-reactive ketones (excluding diaryl/α,β-unsaturated/α-hetero) is 1. The van der Waals surface area contributed by atoms with Crippen molar-refractivity contribution in [3.05, 3.63) is 56.4 Å². The van der Waals surface area contributed by atoms with Crippen LogP contribution >= 0.6 is 0 Å². The fourth-order valence-corrected chi connectivity index (χ4v) is 4.02. The van der Waals surface area contributed by atoms with Crippen LogP contribution in [0.15, 0.2) is 40.7 Å². The van der Waals surface area contributed by atoms with Crippen molar-refractivity contribution in [1.82, 2.24) is 5.32 Å². The minimum absolute atomic E-state index is 0.117. The number of phenolic OH excluding ortho intramolecular Hbond substituents is 1. The molecule has 0 fully saturated rings. The van der Waals surface area contributed by atoms with Gasteiger partial charge in [-0.2, -0.15) is 0 Å². The molecule has 0 unspecified atom stereocenters. The summed E-state index contributed by atoms with van der Waals surface area (Å²) in [5.74, 6) is -2.01. The molecule has 1 aromatic rings. The molecule has 0 aromatic heterocycles. The number of nitrogens with zero attached hydrogens (tertiary/aromatic N) is 1. The number of carbonyl (C=O) groups excluding carboxylic acids is 2. The van der Waals surface area contributed by atoms with E-state index in [9.17, 15) is 24.8 Å². The molecule has 1 aliphatic carbocycles. The van der Waals surface area contributed by atoms with Crippen LogP contribution in [0.5, 0.6) is 5.75 Å². The monoisotopic (exact) mass is 386 g/mol. The number of nitrogens with one attached hydrogen (secondary N) is 1. The number of allylic oxidation sites excluding steroid dienone is 3. The number of aromatic hydroxyl groups is 1. The number of methoxy groups -OCH3 is 1. The quantitative estimate of drug-likeness (QED) is 0.465. The normalized spacial score (nSPS) is 21.1. The molecule has 2 aliphatic rings. The summed E-state index contributed by atoms with van der Waals surface area (Å²) in [5, 5.41) is 24.2. The maximum absolute atomic E-state index is 13.0. The molecule has 3 rings (SSSR count). The van der Waals surface area contributed by atoms with Gasteiger partial charge in [0.05, 0.1) is 17.6 Å². The minimum atomic E-state index is -0.799. The van der Waals surface area contributed by atoms with Crippen molar-refractivity contribution in [2.75, 3.05) is 7.11 Å². The van der Waals surface area contributed by atoms with Crippen LogP contribution in [-0.4, -0.2) is 28.9 Å². The highest BCUT2D eigenvalue weighted by molar-refractivity contribution is 6.04. The summed E-state index contributed by atoms with van der Waals surface area (Å²) in [6, 6.07) is 3.91. The van der Waals surface area contributed by atoms with Gasteiger partial charge in [0.2, 0.25) is 0 Å². The highest BCUT2D eigenvalue weighted by Gasteiger charge is 2.43. The van der Waals surface area contributed by atoms with Crippen LogP contribution in [0.4, 0.5) is 5.69 Å². The number of hydrogen-bond donors (Lipinski definition) is 2. The Labute approximate surface area is 162 Å². The summed E-state index contributed by atoms with van der Waals surface area (Å²) in [6.45, 7) is 5.70. The van der Waals surface area contributed by atoms with Crippen molar-refractivity contribution in [3.8, 4) is 5.75 Å². The van der Waals surface area contributed by atoms with Crippen LogP contribution in [0.3, 0.4) is 0 Å². The first-order valence-corrected chi connectivity index (χ1v) is 8.85. The largest absolute Gasteiger partial charge is 0.502 e. The van der Waals surface area contributed by atoms with E-state index < -0.39 is 28.2 Å². The van der Waals surface area contributed by atoms with Gasteiger partial charge in [-0.15, -0.1) is 0 Å². The molecule has 0 bridgehead atoms. The molecule has 0 amide bonds. The third kappa shape index (κ3) is 3.26. The van der Waals surface area contributed by atoms with Crippen molar-refractivity contribution >= 4 is 17.4 Å². The Morgan fingerprint density at radius 1 is 1.36 bits per heavy atom. The second kappa shape index (κ2) is 6.78. The molecular formula is C20H22N2O6. The standard InChI is InChI=1S/C20H22N2O6/c1-10-16(19(25)28-4)17(11-5-6-14(23)13(7-11)22(26)27)18-12(21-10)8-20(2,3)9-15(18)24/h5-7,17,21,23H,8-9H2,1-4H3/t17-/m1/s1. The fraction of sp³-hybridized carbons (Fsp3) is 0.400. The van der Waals surface area contributed by atoms with Crippen LogP contribution in [0.2, 0.25) is 0 Å². The molecule has 2 N–H and O–H groups in total. The Kier molecular flexibility index (Phi) is 4.74. The van der Waals surface area contributed by atoms with Gasteiger partial charge in [0.15, 0.2) is 11.5 Å². The highest BCUT2D eigenvalue weighted by Crippen LogP contribution is 2.47. The zero-order valence-corrected chi connectivity index (χ0v) is 16.2. The number of phenols is 1. The second-order valence-electron chi connectivity index (χ2n) is 7.93. The second-order valence-corrected chi connectivity index (χ2v) is 7.93. The van der Waals surface area contributed by atoms with Gasteiger partial charge in [-0.05, 0) is 30.4 Å². The van der Waals surface area contributed by atoms with Gasteiger partial charge in [-0.1, -0.05) is 19.9 Å². The van der Waals surface area contributed by atoms with E-state index in [2.05, 4.69) is 5.32 Å². The molecule has 28 heavy (non-hydrogen) atoms. The zero-order chi connectivity index (χ0) is 20.8. The van der Waals surface area contributed by atoms with E-state index in [1.165, 1.54) is 25.3 Å². The lowest BCUT2D eigenvalue weighted by Gasteiger charge is -2.39. The molecule has 1 heterocycles. The maximum atomic E-state index is 13.0. The highest BCUT2D eigenvalue weighted by atomic mass is 16.6. The fourth-order valence-electron chi connectivity index (χ4n) is 4.02. The SMILES string of the molecule is COC(=O)C1=C(C)NC2=C(C(=O)CC(C)(C)C2)[C@@H]1c1ccc(O)c([N+](=O)[O-])c1. The van der Waals surface area contributed by atoms with E-state index in [0.29, 0.717) is 35.4 Å². The van der Waals surface area contributed by atoms with E-state index in [1.54, 1.807) is 6.92 Å². The first kappa shape index (κ1) is 19.6. The molecule has 1 atom stereocenters. The predicted molar refractivity (Wildman–Crippen MR) is 100 cm³/mol. The Morgan fingerprint density at radius 3 is 2.64 bits per heavy atom. The summed E-state index contributed by atoms with van der Waals surface area (Å²) in [5.41, 5.74) is 1.57. The average Bonchev–Trinajstić information content (AvgIpc) is 2.59. The van der Waals surface area contributed by atoms with Gasteiger partial charge in [0.1, 0.15) is 0 Å². The summed E-state index contributed by atoms with van der Waals surface area (Å²) in [4.78, 5) is 36.1. The summed E-state index contributed by atoms with van der Waals surface area (Å²) in [7, 11) is 1.24. The molecular weight excluding hydrogens is 364 g/mol. The number of nitro groups is 1. The van der Waals surface area contributed by atoms with Gasteiger partial charge in [-0.3, -0.25) is 14.9 Å². The molecule has 0 saturated heterocycles. The van der Waals surface area contributed by atoms with Gasteiger partial charge in [0, 0.05) is 35.4 Å². The van der Waals surface area contributed by atoms with Crippen LogP contribution < -0.4 is 5.32 Å². The van der Waals surface area contributed by atoms with E-state index in [4.69, 9.17) is 4.74 Å². The first-order chi connectivity index (χ1) is 13.1. The van der Waals surface area contributed by atoms with Crippen molar-refractivity contribution in [3.63, 3.8) is 0 Å². The molecule has 0 spiro atoms. The summed E-state index contributed by atoms with van der Waals surface area (Å²) < 4.78 is 4.92. The number of dihydropyridines is 1. The number of ketones is 1. The van der Waals surface area contributed by atoms with E-state index in [0.717, 1.165) is 0 Å². The minimum Gasteiger partial charge on any atom is -0.502 e. The molecule has 8 heteroatoms. The van der Waals surface area contributed by atoms with Crippen molar-refractivity contribution < 1.29 is 24.4 Å². The smallest absolute Gasteiger partial charge is 0.336 e. The first-order valence-electron chi connectivity index (χ1n) is 8.85. The third-order valence-electron chi connectivity index (χ3n) is 5.17. The van der Waals surface area contributed by atoms with Crippen LogP contribution in [0.1, 0.15) is 45.1 Å². The summed E-state index contributed by atoms with van der Waals surface area (Å²) in [6.07, 6.45) is 0.911. The Balaban J connectivity index is 2.25. The molecule has 8 nitrogen and oxygen atoms in total. The van der Waals surface area contributed by atoms with E-state index in [-0.39, 0.29) is 16.8 Å².